The molecule has 0 radical (unpaired) electrons. The third-order valence-electron chi connectivity index (χ3n) is 3.80. The smallest absolute Gasteiger partial charge is 0.0453 e. The summed E-state index contributed by atoms with van der Waals surface area (Å²) in [7, 11) is 0. The molecular formula is C16H26ClN. The molecule has 0 aliphatic rings. The first kappa shape index (κ1) is 15.5. The van der Waals surface area contributed by atoms with Crippen LogP contribution in [0.1, 0.15) is 52.6 Å². The fourth-order valence-electron chi connectivity index (χ4n) is 2.03. The molecule has 0 heterocycles. The van der Waals surface area contributed by atoms with Gasteiger partial charge in [0.05, 0.1) is 0 Å². The molecule has 0 aliphatic heterocycles. The number of rotatable bonds is 5. The zero-order valence-corrected chi connectivity index (χ0v) is 13.0. The van der Waals surface area contributed by atoms with Gasteiger partial charge in [-0.2, -0.15) is 0 Å². The molecule has 2 unspecified atom stereocenters. The van der Waals surface area contributed by atoms with E-state index < -0.39 is 0 Å². The SMILES string of the molecule is CCNC(CC(C)C(C)(C)C)c1ccccc1Cl. The lowest BCUT2D eigenvalue weighted by Gasteiger charge is -2.31. The van der Waals surface area contributed by atoms with Crippen LogP contribution in [0.15, 0.2) is 24.3 Å². The van der Waals surface area contributed by atoms with E-state index in [2.05, 4.69) is 52.1 Å². The Hall–Kier alpha value is -0.530. The van der Waals surface area contributed by atoms with Crippen molar-refractivity contribution >= 4 is 11.6 Å². The topological polar surface area (TPSA) is 12.0 Å². The molecule has 18 heavy (non-hydrogen) atoms. The Morgan fingerprint density at radius 2 is 1.83 bits per heavy atom. The van der Waals surface area contributed by atoms with E-state index in [-0.39, 0.29) is 0 Å². The van der Waals surface area contributed by atoms with Crippen molar-refractivity contribution in [2.45, 2.75) is 47.1 Å². The zero-order valence-electron chi connectivity index (χ0n) is 12.3. The Kier molecular flexibility index (Phi) is 5.68. The van der Waals surface area contributed by atoms with Gasteiger partial charge in [-0.15, -0.1) is 0 Å². The average molecular weight is 268 g/mol. The standard InChI is InChI=1S/C16H26ClN/c1-6-18-15(11-12(2)16(3,4)5)13-9-7-8-10-14(13)17/h7-10,12,15,18H,6,11H2,1-5H3. The monoisotopic (exact) mass is 267 g/mol. The minimum atomic E-state index is 0.328. The van der Waals surface area contributed by atoms with Crippen LogP contribution in [0, 0.1) is 11.3 Å². The maximum absolute atomic E-state index is 6.31. The lowest BCUT2D eigenvalue weighted by Crippen LogP contribution is -2.27. The second-order valence-electron chi connectivity index (χ2n) is 6.13. The predicted molar refractivity (Wildman–Crippen MR) is 81.1 cm³/mol. The van der Waals surface area contributed by atoms with Crippen molar-refractivity contribution in [2.24, 2.45) is 11.3 Å². The maximum Gasteiger partial charge on any atom is 0.0453 e. The summed E-state index contributed by atoms with van der Waals surface area (Å²) in [6.07, 6.45) is 1.11. The molecule has 0 bridgehead atoms. The summed E-state index contributed by atoms with van der Waals surface area (Å²) in [4.78, 5) is 0. The zero-order chi connectivity index (χ0) is 13.8. The normalized spacial score (nSPS) is 15.4. The van der Waals surface area contributed by atoms with E-state index in [0.29, 0.717) is 17.4 Å². The number of halogens is 1. The van der Waals surface area contributed by atoms with Crippen LogP contribution in [0.25, 0.3) is 0 Å². The summed E-state index contributed by atoms with van der Waals surface area (Å²) >= 11 is 6.31. The lowest BCUT2D eigenvalue weighted by atomic mass is 9.77. The first-order valence-corrected chi connectivity index (χ1v) is 7.21. The Balaban J connectivity index is 2.87. The van der Waals surface area contributed by atoms with Crippen molar-refractivity contribution in [3.63, 3.8) is 0 Å². The van der Waals surface area contributed by atoms with Crippen LogP contribution in [0.3, 0.4) is 0 Å². The molecule has 0 spiro atoms. The van der Waals surface area contributed by atoms with Gasteiger partial charge in [-0.05, 0) is 35.9 Å². The van der Waals surface area contributed by atoms with E-state index >= 15 is 0 Å². The highest BCUT2D eigenvalue weighted by molar-refractivity contribution is 6.31. The number of hydrogen-bond donors (Lipinski definition) is 1. The molecule has 2 atom stereocenters. The molecule has 1 N–H and O–H groups in total. The van der Waals surface area contributed by atoms with Crippen LogP contribution in [0.2, 0.25) is 5.02 Å². The number of hydrogen-bond acceptors (Lipinski definition) is 1. The number of benzene rings is 1. The third-order valence-corrected chi connectivity index (χ3v) is 4.14. The molecule has 0 amide bonds. The third kappa shape index (κ3) is 4.29. The van der Waals surface area contributed by atoms with Gasteiger partial charge < -0.3 is 5.32 Å². The van der Waals surface area contributed by atoms with Crippen molar-refractivity contribution < 1.29 is 0 Å². The minimum absolute atomic E-state index is 0.328. The van der Waals surface area contributed by atoms with Crippen LogP contribution in [-0.4, -0.2) is 6.54 Å². The molecule has 0 fully saturated rings. The van der Waals surface area contributed by atoms with E-state index in [0.717, 1.165) is 18.0 Å². The minimum Gasteiger partial charge on any atom is -0.310 e. The fraction of sp³-hybridized carbons (Fsp3) is 0.625. The molecule has 1 rings (SSSR count). The summed E-state index contributed by atoms with van der Waals surface area (Å²) < 4.78 is 0. The van der Waals surface area contributed by atoms with Gasteiger partial charge in [0.15, 0.2) is 0 Å². The van der Waals surface area contributed by atoms with Crippen molar-refractivity contribution in [3.8, 4) is 0 Å². The van der Waals surface area contributed by atoms with Crippen LogP contribution < -0.4 is 5.32 Å². The van der Waals surface area contributed by atoms with Gasteiger partial charge in [0, 0.05) is 11.1 Å². The highest BCUT2D eigenvalue weighted by atomic mass is 35.5. The van der Waals surface area contributed by atoms with Crippen LogP contribution in [0.4, 0.5) is 0 Å². The molecule has 2 heteroatoms. The van der Waals surface area contributed by atoms with Gasteiger partial charge >= 0.3 is 0 Å². The Morgan fingerprint density at radius 1 is 1.22 bits per heavy atom. The van der Waals surface area contributed by atoms with E-state index in [4.69, 9.17) is 11.6 Å². The predicted octanol–water partition coefficient (Wildman–Crippen LogP) is 5.06. The summed E-state index contributed by atoms with van der Waals surface area (Å²) in [5, 5.41) is 4.42. The lowest BCUT2D eigenvalue weighted by molar-refractivity contribution is 0.224. The Labute approximate surface area is 117 Å². The second-order valence-corrected chi connectivity index (χ2v) is 6.54. The average Bonchev–Trinajstić information content (AvgIpc) is 2.28. The van der Waals surface area contributed by atoms with Gasteiger partial charge in [-0.25, -0.2) is 0 Å². The maximum atomic E-state index is 6.31. The first-order valence-electron chi connectivity index (χ1n) is 6.84. The molecule has 0 saturated carbocycles. The summed E-state index contributed by atoms with van der Waals surface area (Å²) in [5.74, 6) is 0.637. The van der Waals surface area contributed by atoms with Crippen LogP contribution >= 0.6 is 11.6 Å². The molecular weight excluding hydrogens is 242 g/mol. The van der Waals surface area contributed by atoms with Gasteiger partial charge in [0.2, 0.25) is 0 Å². The van der Waals surface area contributed by atoms with E-state index in [1.165, 1.54) is 5.56 Å². The molecule has 102 valence electrons. The molecule has 0 saturated heterocycles. The largest absolute Gasteiger partial charge is 0.310 e. The van der Waals surface area contributed by atoms with Crippen molar-refractivity contribution in [3.05, 3.63) is 34.9 Å². The van der Waals surface area contributed by atoms with Gasteiger partial charge in [-0.1, -0.05) is 64.4 Å². The van der Waals surface area contributed by atoms with Gasteiger partial charge in [-0.3, -0.25) is 0 Å². The van der Waals surface area contributed by atoms with Crippen molar-refractivity contribution in [1.29, 1.82) is 0 Å². The molecule has 0 aliphatic carbocycles. The summed E-state index contributed by atoms with van der Waals surface area (Å²) in [5.41, 5.74) is 1.55. The van der Waals surface area contributed by atoms with E-state index in [1.54, 1.807) is 0 Å². The molecule has 1 aromatic rings. The Bertz CT molecular complexity index is 368. The molecule has 1 aromatic carbocycles. The first-order chi connectivity index (χ1) is 8.36. The van der Waals surface area contributed by atoms with Gasteiger partial charge in [0.1, 0.15) is 0 Å². The van der Waals surface area contributed by atoms with Crippen molar-refractivity contribution in [2.75, 3.05) is 6.54 Å². The van der Waals surface area contributed by atoms with Crippen LogP contribution in [-0.2, 0) is 0 Å². The van der Waals surface area contributed by atoms with E-state index in [1.807, 2.05) is 12.1 Å². The molecule has 0 aromatic heterocycles. The van der Waals surface area contributed by atoms with Crippen molar-refractivity contribution in [1.82, 2.24) is 5.32 Å². The van der Waals surface area contributed by atoms with Crippen LogP contribution in [0.5, 0.6) is 0 Å². The summed E-state index contributed by atoms with van der Waals surface area (Å²) in [6.45, 7) is 12.3. The van der Waals surface area contributed by atoms with E-state index in [9.17, 15) is 0 Å². The molecule has 1 nitrogen and oxygen atoms in total. The fourth-order valence-corrected chi connectivity index (χ4v) is 2.30. The van der Waals surface area contributed by atoms with Gasteiger partial charge in [0.25, 0.3) is 0 Å². The Morgan fingerprint density at radius 3 is 2.33 bits per heavy atom. The summed E-state index contributed by atoms with van der Waals surface area (Å²) in [6, 6.07) is 8.50. The number of nitrogens with one attached hydrogen (secondary N) is 1. The highest BCUT2D eigenvalue weighted by Crippen LogP contribution is 2.35. The highest BCUT2D eigenvalue weighted by Gasteiger charge is 2.24. The second kappa shape index (κ2) is 6.58. The quantitative estimate of drug-likeness (QED) is 0.786.